The van der Waals surface area contributed by atoms with E-state index in [1.807, 2.05) is 42.5 Å². The molecule has 0 aromatic heterocycles. The lowest BCUT2D eigenvalue weighted by atomic mass is 9.74. The molecular weight excluding hydrogens is 396 g/mol. The highest BCUT2D eigenvalue weighted by Crippen LogP contribution is 2.49. The van der Waals surface area contributed by atoms with Crippen molar-refractivity contribution in [3.05, 3.63) is 65.7 Å². The van der Waals surface area contributed by atoms with Crippen molar-refractivity contribution in [1.82, 2.24) is 0 Å². The second kappa shape index (κ2) is 9.27. The third kappa shape index (κ3) is 3.79. The van der Waals surface area contributed by atoms with Crippen LogP contribution in [-0.4, -0.2) is 39.0 Å². The molecular formula is C25H28O6. The van der Waals surface area contributed by atoms with Gasteiger partial charge >= 0.3 is 5.97 Å². The van der Waals surface area contributed by atoms with Crippen molar-refractivity contribution >= 4 is 16.7 Å². The van der Waals surface area contributed by atoms with Crippen LogP contribution in [-0.2, 0) is 15.1 Å². The SMILES string of the molecule is CCOC(=O)C(C)C(O)(c1ccc(OC)c(OC)c1OC)c1cccc2ccccc12. The number of hydrogen-bond donors (Lipinski definition) is 1. The van der Waals surface area contributed by atoms with E-state index < -0.39 is 17.5 Å². The largest absolute Gasteiger partial charge is 0.493 e. The molecule has 0 heterocycles. The van der Waals surface area contributed by atoms with E-state index in [0.717, 1.165) is 10.8 Å². The number of rotatable bonds is 8. The smallest absolute Gasteiger partial charge is 0.312 e. The Hall–Kier alpha value is -3.25. The highest BCUT2D eigenvalue weighted by molar-refractivity contribution is 5.88. The van der Waals surface area contributed by atoms with Crippen LogP contribution in [0, 0.1) is 5.92 Å². The van der Waals surface area contributed by atoms with Gasteiger partial charge in [-0.25, -0.2) is 0 Å². The van der Waals surface area contributed by atoms with Gasteiger partial charge in [0.15, 0.2) is 11.5 Å². The van der Waals surface area contributed by atoms with Crippen molar-refractivity contribution in [1.29, 1.82) is 0 Å². The van der Waals surface area contributed by atoms with E-state index >= 15 is 0 Å². The number of esters is 1. The molecule has 0 radical (unpaired) electrons. The van der Waals surface area contributed by atoms with Gasteiger partial charge in [0.1, 0.15) is 5.60 Å². The zero-order valence-corrected chi connectivity index (χ0v) is 18.5. The first-order valence-corrected chi connectivity index (χ1v) is 10.1. The van der Waals surface area contributed by atoms with E-state index in [0.29, 0.717) is 22.6 Å². The molecule has 164 valence electrons. The molecule has 1 N–H and O–H groups in total. The van der Waals surface area contributed by atoms with E-state index in [1.165, 1.54) is 21.3 Å². The molecule has 31 heavy (non-hydrogen) atoms. The average Bonchev–Trinajstić information content (AvgIpc) is 2.81. The van der Waals surface area contributed by atoms with Gasteiger partial charge in [-0.3, -0.25) is 4.79 Å². The molecule has 3 aromatic carbocycles. The van der Waals surface area contributed by atoms with Crippen molar-refractivity contribution in [2.75, 3.05) is 27.9 Å². The molecule has 0 bridgehead atoms. The summed E-state index contributed by atoms with van der Waals surface area (Å²) in [7, 11) is 4.50. The summed E-state index contributed by atoms with van der Waals surface area (Å²) in [6.07, 6.45) is 0. The Morgan fingerprint density at radius 2 is 1.58 bits per heavy atom. The molecule has 0 spiro atoms. The topological polar surface area (TPSA) is 74.2 Å². The van der Waals surface area contributed by atoms with Crippen LogP contribution in [0.4, 0.5) is 0 Å². The van der Waals surface area contributed by atoms with E-state index in [4.69, 9.17) is 18.9 Å². The fourth-order valence-corrected chi connectivity index (χ4v) is 4.01. The van der Waals surface area contributed by atoms with Crippen LogP contribution in [0.15, 0.2) is 54.6 Å². The summed E-state index contributed by atoms with van der Waals surface area (Å²) >= 11 is 0. The first kappa shape index (κ1) is 22.4. The average molecular weight is 424 g/mol. The molecule has 0 aliphatic heterocycles. The van der Waals surface area contributed by atoms with E-state index in [1.54, 1.807) is 26.0 Å². The Morgan fingerprint density at radius 1 is 0.903 bits per heavy atom. The third-order valence-corrected chi connectivity index (χ3v) is 5.58. The van der Waals surface area contributed by atoms with Gasteiger partial charge in [-0.2, -0.15) is 0 Å². The van der Waals surface area contributed by atoms with Crippen LogP contribution in [0.3, 0.4) is 0 Å². The predicted molar refractivity (Wildman–Crippen MR) is 119 cm³/mol. The minimum Gasteiger partial charge on any atom is -0.493 e. The van der Waals surface area contributed by atoms with Gasteiger partial charge in [-0.1, -0.05) is 42.5 Å². The van der Waals surface area contributed by atoms with Crippen molar-refractivity contribution < 1.29 is 28.8 Å². The van der Waals surface area contributed by atoms with Crippen molar-refractivity contribution in [3.63, 3.8) is 0 Å². The third-order valence-electron chi connectivity index (χ3n) is 5.58. The van der Waals surface area contributed by atoms with Gasteiger partial charge in [-0.05, 0) is 42.3 Å². The standard InChI is InChI=1S/C25H28O6/c1-6-31-24(26)16(2)25(27,19-13-9-11-17-10-7-8-12-18(17)19)20-14-15-21(28-3)23(30-5)22(20)29-4/h7-16,27H,6H2,1-5H3. The van der Waals surface area contributed by atoms with Crippen LogP contribution in [0.5, 0.6) is 17.2 Å². The molecule has 6 nitrogen and oxygen atoms in total. The molecule has 6 heteroatoms. The zero-order chi connectivity index (χ0) is 22.6. The molecule has 3 rings (SSSR count). The minimum absolute atomic E-state index is 0.206. The summed E-state index contributed by atoms with van der Waals surface area (Å²) in [5, 5.41) is 14.1. The number of ether oxygens (including phenoxy) is 4. The molecule has 0 saturated heterocycles. The second-order valence-corrected chi connectivity index (χ2v) is 7.15. The fraction of sp³-hybridized carbons (Fsp3) is 0.320. The second-order valence-electron chi connectivity index (χ2n) is 7.15. The lowest BCUT2D eigenvalue weighted by Gasteiger charge is -2.36. The summed E-state index contributed by atoms with van der Waals surface area (Å²) in [6, 6.07) is 16.7. The summed E-state index contributed by atoms with van der Waals surface area (Å²) in [4.78, 5) is 12.9. The molecule has 0 saturated carbocycles. The monoisotopic (exact) mass is 424 g/mol. The van der Waals surface area contributed by atoms with Crippen LogP contribution in [0.2, 0.25) is 0 Å². The number of methoxy groups -OCH3 is 3. The molecule has 0 aliphatic rings. The van der Waals surface area contributed by atoms with Gasteiger partial charge in [0.25, 0.3) is 0 Å². The summed E-state index contributed by atoms with van der Waals surface area (Å²) in [6.45, 7) is 3.59. The van der Waals surface area contributed by atoms with E-state index in [9.17, 15) is 9.90 Å². The van der Waals surface area contributed by atoms with Crippen LogP contribution in [0.25, 0.3) is 10.8 Å². The lowest BCUT2D eigenvalue weighted by molar-refractivity contribution is -0.155. The summed E-state index contributed by atoms with van der Waals surface area (Å²) < 4.78 is 21.9. The molecule has 3 aromatic rings. The summed E-state index contributed by atoms with van der Waals surface area (Å²) in [5.74, 6) is -0.391. The van der Waals surface area contributed by atoms with Gasteiger partial charge in [0.2, 0.25) is 5.75 Å². The van der Waals surface area contributed by atoms with Crippen LogP contribution in [0.1, 0.15) is 25.0 Å². The van der Waals surface area contributed by atoms with Crippen molar-refractivity contribution in [3.8, 4) is 17.2 Å². The molecule has 0 amide bonds. The molecule has 2 unspecified atom stereocenters. The van der Waals surface area contributed by atoms with Crippen molar-refractivity contribution in [2.45, 2.75) is 19.4 Å². The number of benzene rings is 3. The fourth-order valence-electron chi connectivity index (χ4n) is 4.01. The first-order chi connectivity index (χ1) is 14.9. The molecule has 0 fully saturated rings. The van der Waals surface area contributed by atoms with E-state index in [2.05, 4.69) is 0 Å². The number of carbonyl (C=O) groups is 1. The number of hydrogen-bond acceptors (Lipinski definition) is 6. The van der Waals surface area contributed by atoms with Crippen LogP contribution >= 0.6 is 0 Å². The lowest BCUT2D eigenvalue weighted by Crippen LogP contribution is -2.40. The zero-order valence-electron chi connectivity index (χ0n) is 18.5. The summed E-state index contributed by atoms with van der Waals surface area (Å²) in [5.41, 5.74) is -0.820. The van der Waals surface area contributed by atoms with Gasteiger partial charge in [0, 0.05) is 5.56 Å². The Balaban J connectivity index is 2.39. The molecule has 2 atom stereocenters. The number of aliphatic hydroxyl groups is 1. The Bertz CT molecular complexity index is 1070. The van der Waals surface area contributed by atoms with Gasteiger partial charge < -0.3 is 24.1 Å². The maximum atomic E-state index is 12.9. The Morgan fingerprint density at radius 3 is 2.23 bits per heavy atom. The van der Waals surface area contributed by atoms with Gasteiger partial charge in [0.05, 0.1) is 33.9 Å². The minimum atomic E-state index is -1.77. The predicted octanol–water partition coefficient (Wildman–Crippen LogP) is 4.30. The normalized spacial score (nSPS) is 13.9. The van der Waals surface area contributed by atoms with E-state index in [-0.39, 0.29) is 12.4 Å². The van der Waals surface area contributed by atoms with Crippen LogP contribution < -0.4 is 14.2 Å². The highest BCUT2D eigenvalue weighted by atomic mass is 16.5. The van der Waals surface area contributed by atoms with Gasteiger partial charge in [-0.15, -0.1) is 0 Å². The quantitative estimate of drug-likeness (QED) is 0.544. The maximum absolute atomic E-state index is 12.9. The highest BCUT2D eigenvalue weighted by Gasteiger charge is 2.46. The Labute approximate surface area is 182 Å². The number of carbonyl (C=O) groups excluding carboxylic acids is 1. The number of fused-ring (bicyclic) bond motifs is 1. The van der Waals surface area contributed by atoms with Crippen molar-refractivity contribution in [2.24, 2.45) is 5.92 Å². The Kier molecular flexibility index (Phi) is 6.71. The maximum Gasteiger partial charge on any atom is 0.312 e. The molecule has 0 aliphatic carbocycles. The first-order valence-electron chi connectivity index (χ1n) is 10.1.